The van der Waals surface area contributed by atoms with Gasteiger partial charge < -0.3 is 14.8 Å². The number of hydrogen-bond acceptors (Lipinski definition) is 3. The summed E-state index contributed by atoms with van der Waals surface area (Å²) in [5.41, 5.74) is 3.55. The minimum atomic E-state index is -0.279. The molecule has 0 aliphatic carbocycles. The van der Waals surface area contributed by atoms with Crippen LogP contribution in [0.5, 0.6) is 11.5 Å². The zero-order chi connectivity index (χ0) is 19.9. The SMILES string of the molecule is CCOc1cc(CNc2cccc(Cl)c2C)ccc1OCc1ccccc1F. The van der Waals surface area contributed by atoms with Gasteiger partial charge in [-0.05, 0) is 55.3 Å². The molecule has 3 aromatic rings. The Hall–Kier alpha value is -2.72. The Morgan fingerprint density at radius 1 is 0.964 bits per heavy atom. The summed E-state index contributed by atoms with van der Waals surface area (Å²) in [6.07, 6.45) is 0. The van der Waals surface area contributed by atoms with E-state index in [0.29, 0.717) is 30.2 Å². The van der Waals surface area contributed by atoms with E-state index in [1.54, 1.807) is 18.2 Å². The van der Waals surface area contributed by atoms with E-state index in [-0.39, 0.29) is 12.4 Å². The number of benzene rings is 3. The van der Waals surface area contributed by atoms with Gasteiger partial charge in [0.05, 0.1) is 6.61 Å². The Kier molecular flexibility index (Phi) is 6.77. The molecule has 0 unspecified atom stereocenters. The molecule has 0 spiro atoms. The maximum Gasteiger partial charge on any atom is 0.161 e. The average molecular weight is 400 g/mol. The normalized spacial score (nSPS) is 10.6. The molecule has 3 rings (SSSR count). The highest BCUT2D eigenvalue weighted by Gasteiger charge is 2.09. The van der Waals surface area contributed by atoms with Crippen LogP contribution in [0.25, 0.3) is 0 Å². The molecule has 0 bridgehead atoms. The minimum Gasteiger partial charge on any atom is -0.490 e. The molecule has 1 N–H and O–H groups in total. The molecule has 0 aliphatic rings. The predicted octanol–water partition coefficient (Wildman–Crippen LogP) is 6.38. The zero-order valence-electron chi connectivity index (χ0n) is 16.0. The third kappa shape index (κ3) is 4.96. The van der Waals surface area contributed by atoms with Crippen LogP contribution in [0.3, 0.4) is 0 Å². The Labute approximate surface area is 170 Å². The third-order valence-corrected chi connectivity index (χ3v) is 4.81. The number of nitrogens with one attached hydrogen (secondary N) is 1. The molecule has 0 radical (unpaired) electrons. The molecule has 0 fully saturated rings. The summed E-state index contributed by atoms with van der Waals surface area (Å²) in [6, 6.07) is 18.1. The summed E-state index contributed by atoms with van der Waals surface area (Å²) < 4.78 is 25.3. The Morgan fingerprint density at radius 2 is 1.79 bits per heavy atom. The third-order valence-electron chi connectivity index (χ3n) is 4.40. The molecule has 0 saturated carbocycles. The van der Waals surface area contributed by atoms with Gasteiger partial charge in [-0.25, -0.2) is 4.39 Å². The van der Waals surface area contributed by atoms with Gasteiger partial charge in [-0.3, -0.25) is 0 Å². The first-order chi connectivity index (χ1) is 13.6. The first-order valence-electron chi connectivity index (χ1n) is 9.19. The van der Waals surface area contributed by atoms with Crippen molar-refractivity contribution in [1.82, 2.24) is 0 Å². The minimum absolute atomic E-state index is 0.145. The van der Waals surface area contributed by atoms with Crippen LogP contribution in [-0.4, -0.2) is 6.61 Å². The van der Waals surface area contributed by atoms with Gasteiger partial charge in [0.15, 0.2) is 11.5 Å². The van der Waals surface area contributed by atoms with Crippen LogP contribution in [-0.2, 0) is 13.2 Å². The molecule has 0 saturated heterocycles. The first-order valence-corrected chi connectivity index (χ1v) is 9.57. The Bertz CT molecular complexity index is 946. The summed E-state index contributed by atoms with van der Waals surface area (Å²) in [5.74, 6) is 0.951. The van der Waals surface area contributed by atoms with Gasteiger partial charge in [-0.1, -0.05) is 41.9 Å². The van der Waals surface area contributed by atoms with Crippen molar-refractivity contribution in [2.24, 2.45) is 0 Å². The van der Waals surface area contributed by atoms with E-state index in [2.05, 4.69) is 5.32 Å². The summed E-state index contributed by atoms with van der Waals surface area (Å²) in [7, 11) is 0. The Morgan fingerprint density at radius 3 is 2.57 bits per heavy atom. The molecule has 146 valence electrons. The smallest absolute Gasteiger partial charge is 0.161 e. The lowest BCUT2D eigenvalue weighted by atomic mass is 10.1. The molecule has 3 aromatic carbocycles. The highest BCUT2D eigenvalue weighted by molar-refractivity contribution is 6.31. The van der Waals surface area contributed by atoms with E-state index >= 15 is 0 Å². The van der Waals surface area contributed by atoms with Crippen molar-refractivity contribution < 1.29 is 13.9 Å². The van der Waals surface area contributed by atoms with Gasteiger partial charge in [0.25, 0.3) is 0 Å². The van der Waals surface area contributed by atoms with Gasteiger partial charge in [0.1, 0.15) is 12.4 Å². The number of hydrogen-bond donors (Lipinski definition) is 1. The van der Waals surface area contributed by atoms with Crippen molar-refractivity contribution in [3.05, 3.63) is 88.2 Å². The van der Waals surface area contributed by atoms with Crippen LogP contribution < -0.4 is 14.8 Å². The standard InChI is InChI=1S/C23H23ClFNO2/c1-3-27-23-13-17(14-26-21-10-6-8-19(24)16(21)2)11-12-22(23)28-15-18-7-4-5-9-20(18)25/h4-13,26H,3,14-15H2,1-2H3. The summed E-state index contributed by atoms with van der Waals surface area (Å²) in [6.45, 7) is 5.18. The topological polar surface area (TPSA) is 30.5 Å². The van der Waals surface area contributed by atoms with E-state index in [4.69, 9.17) is 21.1 Å². The van der Waals surface area contributed by atoms with Crippen molar-refractivity contribution in [3.63, 3.8) is 0 Å². The lowest BCUT2D eigenvalue weighted by Gasteiger charge is -2.15. The molecule has 5 heteroatoms. The van der Waals surface area contributed by atoms with Gasteiger partial charge in [0, 0.05) is 22.8 Å². The van der Waals surface area contributed by atoms with Crippen molar-refractivity contribution in [2.75, 3.05) is 11.9 Å². The summed E-state index contributed by atoms with van der Waals surface area (Å²) in [5, 5.41) is 4.13. The molecular formula is C23H23ClFNO2. The molecule has 0 aliphatic heterocycles. The predicted molar refractivity (Wildman–Crippen MR) is 112 cm³/mol. The summed E-state index contributed by atoms with van der Waals surface area (Å²) in [4.78, 5) is 0. The fraction of sp³-hybridized carbons (Fsp3) is 0.217. The van der Waals surface area contributed by atoms with Crippen LogP contribution in [0, 0.1) is 12.7 Å². The number of ether oxygens (including phenoxy) is 2. The van der Waals surface area contributed by atoms with E-state index in [1.807, 2.05) is 50.2 Å². The van der Waals surface area contributed by atoms with Gasteiger partial charge >= 0.3 is 0 Å². The zero-order valence-corrected chi connectivity index (χ0v) is 16.7. The fourth-order valence-electron chi connectivity index (χ4n) is 2.82. The monoisotopic (exact) mass is 399 g/mol. The molecule has 0 amide bonds. The lowest BCUT2D eigenvalue weighted by molar-refractivity contribution is 0.265. The van der Waals surface area contributed by atoms with Crippen LogP contribution in [0.1, 0.15) is 23.6 Å². The Balaban J connectivity index is 1.71. The van der Waals surface area contributed by atoms with E-state index in [9.17, 15) is 4.39 Å². The number of halogens is 2. The van der Waals surface area contributed by atoms with Gasteiger partial charge in [-0.2, -0.15) is 0 Å². The van der Waals surface area contributed by atoms with Crippen molar-refractivity contribution >= 4 is 17.3 Å². The van der Waals surface area contributed by atoms with E-state index < -0.39 is 0 Å². The summed E-state index contributed by atoms with van der Waals surface area (Å²) >= 11 is 6.18. The fourth-order valence-corrected chi connectivity index (χ4v) is 2.99. The molecular weight excluding hydrogens is 377 g/mol. The molecule has 3 nitrogen and oxygen atoms in total. The van der Waals surface area contributed by atoms with Crippen molar-refractivity contribution in [2.45, 2.75) is 27.0 Å². The highest BCUT2D eigenvalue weighted by Crippen LogP contribution is 2.30. The van der Waals surface area contributed by atoms with Gasteiger partial charge in [0.2, 0.25) is 0 Å². The maximum atomic E-state index is 13.8. The molecule has 0 heterocycles. The van der Waals surface area contributed by atoms with Crippen molar-refractivity contribution in [3.8, 4) is 11.5 Å². The number of anilines is 1. The number of rotatable bonds is 8. The molecule has 0 atom stereocenters. The highest BCUT2D eigenvalue weighted by atomic mass is 35.5. The van der Waals surface area contributed by atoms with Crippen LogP contribution >= 0.6 is 11.6 Å². The molecule has 0 aromatic heterocycles. The van der Waals surface area contributed by atoms with Crippen LogP contribution in [0.15, 0.2) is 60.7 Å². The van der Waals surface area contributed by atoms with E-state index in [0.717, 1.165) is 21.8 Å². The van der Waals surface area contributed by atoms with Crippen molar-refractivity contribution in [1.29, 1.82) is 0 Å². The second kappa shape index (κ2) is 9.47. The van der Waals surface area contributed by atoms with E-state index in [1.165, 1.54) is 6.07 Å². The molecule has 28 heavy (non-hydrogen) atoms. The second-order valence-electron chi connectivity index (χ2n) is 6.36. The van der Waals surface area contributed by atoms with Gasteiger partial charge in [-0.15, -0.1) is 0 Å². The van der Waals surface area contributed by atoms with Crippen LogP contribution in [0.2, 0.25) is 5.02 Å². The quantitative estimate of drug-likeness (QED) is 0.477. The average Bonchev–Trinajstić information content (AvgIpc) is 2.70. The maximum absolute atomic E-state index is 13.8. The lowest BCUT2D eigenvalue weighted by Crippen LogP contribution is -2.04. The second-order valence-corrected chi connectivity index (χ2v) is 6.77. The van der Waals surface area contributed by atoms with Crippen LogP contribution in [0.4, 0.5) is 10.1 Å². The largest absolute Gasteiger partial charge is 0.490 e. The first kappa shape index (κ1) is 20.0.